The number of anilines is 1. The minimum atomic E-state index is -0.320. The van der Waals surface area contributed by atoms with Gasteiger partial charge in [-0.2, -0.15) is 0 Å². The molecule has 1 unspecified atom stereocenters. The highest BCUT2D eigenvalue weighted by Gasteiger charge is 2.12. The highest BCUT2D eigenvalue weighted by atomic mass is 127. The van der Waals surface area contributed by atoms with Gasteiger partial charge in [0.2, 0.25) is 0 Å². The first kappa shape index (κ1) is 22.1. The number of guanidine groups is 1. The van der Waals surface area contributed by atoms with E-state index in [2.05, 4.69) is 15.6 Å². The average Bonchev–Trinajstić information content (AvgIpc) is 2.90. The predicted octanol–water partition coefficient (Wildman–Crippen LogP) is 4.06. The fourth-order valence-electron chi connectivity index (χ4n) is 2.61. The van der Waals surface area contributed by atoms with Crippen molar-refractivity contribution in [2.24, 2.45) is 4.99 Å². The third kappa shape index (κ3) is 6.43. The Balaban J connectivity index is 0.00000280. The zero-order valence-corrected chi connectivity index (χ0v) is 18.2. The third-order valence-electron chi connectivity index (χ3n) is 3.92. The maximum atomic E-state index is 13.2. The van der Waals surface area contributed by atoms with Crippen molar-refractivity contribution in [3.63, 3.8) is 0 Å². The fraction of sp³-hybridized carbons (Fsp3) is 0.350. The van der Waals surface area contributed by atoms with Crippen molar-refractivity contribution < 1.29 is 18.6 Å². The summed E-state index contributed by atoms with van der Waals surface area (Å²) in [5, 5.41) is 6.41. The molecule has 1 aliphatic rings. The zero-order valence-electron chi connectivity index (χ0n) is 15.9. The van der Waals surface area contributed by atoms with Crippen LogP contribution >= 0.6 is 24.0 Å². The number of nitrogens with one attached hydrogen (secondary N) is 2. The molecule has 0 fully saturated rings. The fourth-order valence-corrected chi connectivity index (χ4v) is 2.61. The molecule has 2 aromatic rings. The van der Waals surface area contributed by atoms with E-state index in [1.165, 1.54) is 12.1 Å². The lowest BCUT2D eigenvalue weighted by Gasteiger charge is -2.18. The molecule has 0 aromatic heterocycles. The molecule has 0 spiro atoms. The number of ether oxygens (including phenoxy) is 3. The summed E-state index contributed by atoms with van der Waals surface area (Å²) in [7, 11) is 1.69. The summed E-state index contributed by atoms with van der Waals surface area (Å²) in [6.07, 6.45) is 0.693. The quantitative estimate of drug-likeness (QED) is 0.368. The maximum Gasteiger partial charge on any atom is 0.195 e. The van der Waals surface area contributed by atoms with E-state index in [1.807, 2.05) is 25.1 Å². The van der Waals surface area contributed by atoms with Gasteiger partial charge in [0.05, 0.1) is 19.8 Å². The summed E-state index contributed by atoms with van der Waals surface area (Å²) in [4.78, 5) is 4.21. The van der Waals surface area contributed by atoms with Crippen molar-refractivity contribution in [3.8, 4) is 17.2 Å². The third-order valence-corrected chi connectivity index (χ3v) is 3.92. The molecular weight excluding hydrogens is 476 g/mol. The van der Waals surface area contributed by atoms with E-state index in [-0.39, 0.29) is 35.9 Å². The standard InChI is InChI=1S/C20H24FN3O3.HI/c1-14(27-17-6-3-5-15(21)11-17)13-23-20(22-2)24-16-7-8-18-19(12-16)26-10-4-9-25-18;/h3,5-8,11-12,14H,4,9-10,13H2,1-2H3,(H2,22,23,24);1H. The second-order valence-corrected chi connectivity index (χ2v) is 6.18. The Morgan fingerprint density at radius 2 is 1.96 bits per heavy atom. The van der Waals surface area contributed by atoms with Crippen molar-refractivity contribution >= 4 is 35.6 Å². The van der Waals surface area contributed by atoms with Gasteiger partial charge < -0.3 is 24.8 Å². The van der Waals surface area contributed by atoms with Crippen LogP contribution in [0.1, 0.15) is 13.3 Å². The number of hydrogen-bond acceptors (Lipinski definition) is 4. The van der Waals surface area contributed by atoms with E-state index >= 15 is 0 Å². The summed E-state index contributed by atoms with van der Waals surface area (Å²) in [5.41, 5.74) is 0.839. The van der Waals surface area contributed by atoms with Gasteiger partial charge in [0.1, 0.15) is 17.7 Å². The van der Waals surface area contributed by atoms with E-state index in [0.29, 0.717) is 31.5 Å². The van der Waals surface area contributed by atoms with Crippen molar-refractivity contribution in [2.45, 2.75) is 19.4 Å². The van der Waals surface area contributed by atoms with Gasteiger partial charge >= 0.3 is 0 Å². The molecule has 1 aliphatic heterocycles. The zero-order chi connectivity index (χ0) is 19.1. The molecular formula is C20H25FIN3O3. The van der Waals surface area contributed by atoms with Gasteiger partial charge in [-0.05, 0) is 31.2 Å². The van der Waals surface area contributed by atoms with E-state index in [0.717, 1.165) is 23.6 Å². The minimum Gasteiger partial charge on any atom is -0.490 e. The molecule has 28 heavy (non-hydrogen) atoms. The Kier molecular flexibility index (Phi) is 8.62. The summed E-state index contributed by atoms with van der Waals surface area (Å²) in [6, 6.07) is 11.8. The largest absolute Gasteiger partial charge is 0.490 e. The molecule has 0 aliphatic carbocycles. The number of aliphatic imine (C=N–C) groups is 1. The van der Waals surface area contributed by atoms with Crippen molar-refractivity contribution in [1.29, 1.82) is 0 Å². The number of nitrogens with zero attached hydrogens (tertiary/aromatic N) is 1. The Bertz CT molecular complexity index is 804. The van der Waals surface area contributed by atoms with Gasteiger partial charge in [-0.1, -0.05) is 6.07 Å². The Hall–Kier alpha value is -2.23. The lowest BCUT2D eigenvalue weighted by atomic mass is 10.2. The minimum absolute atomic E-state index is 0. The second-order valence-electron chi connectivity index (χ2n) is 6.18. The van der Waals surface area contributed by atoms with Crippen LogP contribution in [0.25, 0.3) is 0 Å². The average molecular weight is 501 g/mol. The van der Waals surface area contributed by atoms with Crippen LogP contribution in [0.3, 0.4) is 0 Å². The topological polar surface area (TPSA) is 64.1 Å². The number of benzene rings is 2. The summed E-state index contributed by atoms with van der Waals surface area (Å²) in [5.74, 6) is 2.24. The molecule has 2 aromatic carbocycles. The van der Waals surface area contributed by atoms with Crippen molar-refractivity contribution in [2.75, 3.05) is 32.1 Å². The van der Waals surface area contributed by atoms with Crippen LogP contribution in [-0.2, 0) is 0 Å². The van der Waals surface area contributed by atoms with E-state index in [1.54, 1.807) is 19.2 Å². The van der Waals surface area contributed by atoms with Crippen LogP contribution < -0.4 is 24.8 Å². The highest BCUT2D eigenvalue weighted by Crippen LogP contribution is 2.32. The van der Waals surface area contributed by atoms with Gasteiger partial charge in [-0.25, -0.2) is 4.39 Å². The number of halogens is 2. The lowest BCUT2D eigenvalue weighted by molar-refractivity contribution is 0.223. The number of rotatable bonds is 5. The Morgan fingerprint density at radius 1 is 1.18 bits per heavy atom. The molecule has 6 nitrogen and oxygen atoms in total. The molecule has 0 saturated heterocycles. The Morgan fingerprint density at radius 3 is 2.71 bits per heavy atom. The SMILES string of the molecule is CN=C(NCC(C)Oc1cccc(F)c1)Nc1ccc2c(c1)OCCCO2.I. The first-order valence-corrected chi connectivity index (χ1v) is 8.93. The molecule has 0 radical (unpaired) electrons. The van der Waals surface area contributed by atoms with Crippen LogP contribution in [-0.4, -0.2) is 38.9 Å². The van der Waals surface area contributed by atoms with Gasteiger partial charge in [-0.15, -0.1) is 24.0 Å². The first-order chi connectivity index (χ1) is 13.1. The smallest absolute Gasteiger partial charge is 0.195 e. The van der Waals surface area contributed by atoms with Gasteiger partial charge in [0.25, 0.3) is 0 Å². The molecule has 152 valence electrons. The monoisotopic (exact) mass is 501 g/mol. The molecule has 0 amide bonds. The summed E-state index contributed by atoms with van der Waals surface area (Å²) < 4.78 is 30.3. The predicted molar refractivity (Wildman–Crippen MR) is 119 cm³/mol. The first-order valence-electron chi connectivity index (χ1n) is 8.93. The van der Waals surface area contributed by atoms with Crippen LogP contribution in [0.15, 0.2) is 47.5 Å². The maximum absolute atomic E-state index is 13.2. The number of fused-ring (bicyclic) bond motifs is 1. The molecule has 8 heteroatoms. The normalized spacial score (nSPS) is 14.3. The van der Waals surface area contributed by atoms with Crippen LogP contribution in [0.5, 0.6) is 17.2 Å². The van der Waals surface area contributed by atoms with E-state index in [4.69, 9.17) is 14.2 Å². The summed E-state index contributed by atoms with van der Waals surface area (Å²) >= 11 is 0. The van der Waals surface area contributed by atoms with Gasteiger partial charge in [0, 0.05) is 31.3 Å². The summed E-state index contributed by atoms with van der Waals surface area (Å²) in [6.45, 7) is 3.70. The number of hydrogen-bond donors (Lipinski definition) is 2. The van der Waals surface area contributed by atoms with Crippen molar-refractivity contribution in [3.05, 3.63) is 48.3 Å². The molecule has 3 rings (SSSR count). The highest BCUT2D eigenvalue weighted by molar-refractivity contribution is 14.0. The van der Waals surface area contributed by atoms with Crippen molar-refractivity contribution in [1.82, 2.24) is 5.32 Å². The molecule has 1 atom stereocenters. The van der Waals surface area contributed by atoms with Gasteiger partial charge in [-0.3, -0.25) is 4.99 Å². The Labute approximate surface area is 181 Å². The molecule has 0 bridgehead atoms. The lowest BCUT2D eigenvalue weighted by Crippen LogP contribution is -2.37. The van der Waals surface area contributed by atoms with E-state index < -0.39 is 0 Å². The molecule has 1 heterocycles. The second kappa shape index (κ2) is 10.9. The van der Waals surface area contributed by atoms with Gasteiger partial charge in [0.15, 0.2) is 17.5 Å². The van der Waals surface area contributed by atoms with Crippen LogP contribution in [0.2, 0.25) is 0 Å². The van der Waals surface area contributed by atoms with Crippen LogP contribution in [0.4, 0.5) is 10.1 Å². The molecule has 2 N–H and O–H groups in total. The van der Waals surface area contributed by atoms with Crippen LogP contribution in [0, 0.1) is 5.82 Å². The molecule has 0 saturated carbocycles. The van der Waals surface area contributed by atoms with E-state index in [9.17, 15) is 4.39 Å².